The molecule has 2 atom stereocenters. The lowest BCUT2D eigenvalue weighted by atomic mass is 9.92. The van der Waals surface area contributed by atoms with Gasteiger partial charge in [0.15, 0.2) is 5.13 Å². The Morgan fingerprint density at radius 3 is 2.52 bits per heavy atom. The Kier molecular flexibility index (Phi) is 7.22. The first-order valence-corrected chi connectivity index (χ1v) is 10.8. The number of anilines is 2. The number of hydrogen-bond donors (Lipinski definition) is 2. The van der Waals surface area contributed by atoms with Crippen LogP contribution in [-0.4, -0.2) is 41.6 Å². The second-order valence-corrected chi connectivity index (χ2v) is 8.52. The van der Waals surface area contributed by atoms with Gasteiger partial charge in [0.1, 0.15) is 0 Å². The van der Waals surface area contributed by atoms with Crippen LogP contribution in [0.2, 0.25) is 0 Å². The van der Waals surface area contributed by atoms with E-state index in [1.54, 1.807) is 31.2 Å². The van der Waals surface area contributed by atoms with E-state index in [-0.39, 0.29) is 5.91 Å². The molecule has 0 unspecified atom stereocenters. The standard InChI is InChI=1S/C21H28N4O3S/c1-4-28-21(27)23-17-7-5-16(6-8-17)19(26)24-20-22-18(13-29-20)12-25-10-14(2)9-15(3)11-25/h5-8,13-15H,4,9-12H2,1-3H3,(H,23,27)(H,22,24,26)/t14-,15-/m0/s1. The van der Waals surface area contributed by atoms with Crippen molar-refractivity contribution >= 4 is 34.2 Å². The van der Waals surface area contributed by atoms with Crippen molar-refractivity contribution in [3.05, 3.63) is 40.9 Å². The summed E-state index contributed by atoms with van der Waals surface area (Å²) in [5.41, 5.74) is 2.05. The molecule has 156 valence electrons. The minimum Gasteiger partial charge on any atom is -0.450 e. The molecule has 1 aliphatic heterocycles. The van der Waals surface area contributed by atoms with Crippen molar-refractivity contribution in [2.75, 3.05) is 30.3 Å². The molecule has 0 spiro atoms. The Balaban J connectivity index is 1.54. The number of rotatable bonds is 6. The van der Waals surface area contributed by atoms with Gasteiger partial charge in [-0.15, -0.1) is 11.3 Å². The predicted octanol–water partition coefficient (Wildman–Crippen LogP) is 4.44. The number of aromatic nitrogens is 1. The highest BCUT2D eigenvalue weighted by atomic mass is 32.1. The highest BCUT2D eigenvalue weighted by molar-refractivity contribution is 7.13. The van der Waals surface area contributed by atoms with E-state index in [1.165, 1.54) is 17.8 Å². The molecule has 2 aromatic rings. The van der Waals surface area contributed by atoms with E-state index in [0.29, 0.717) is 34.8 Å². The van der Waals surface area contributed by atoms with Crippen molar-refractivity contribution in [3.8, 4) is 0 Å². The van der Waals surface area contributed by atoms with Crippen molar-refractivity contribution in [1.29, 1.82) is 0 Å². The molecule has 1 fully saturated rings. The van der Waals surface area contributed by atoms with Crippen LogP contribution in [0, 0.1) is 11.8 Å². The van der Waals surface area contributed by atoms with Crippen LogP contribution in [0.4, 0.5) is 15.6 Å². The van der Waals surface area contributed by atoms with E-state index < -0.39 is 6.09 Å². The van der Waals surface area contributed by atoms with Gasteiger partial charge in [-0.05, 0) is 49.4 Å². The van der Waals surface area contributed by atoms with Gasteiger partial charge in [-0.1, -0.05) is 13.8 Å². The van der Waals surface area contributed by atoms with Crippen LogP contribution in [0.5, 0.6) is 0 Å². The van der Waals surface area contributed by atoms with Gasteiger partial charge in [0.05, 0.1) is 12.3 Å². The zero-order valence-corrected chi connectivity index (χ0v) is 17.9. The molecule has 3 rings (SSSR count). The maximum Gasteiger partial charge on any atom is 0.411 e. The van der Waals surface area contributed by atoms with E-state index in [4.69, 9.17) is 4.74 Å². The molecule has 0 aliphatic carbocycles. The Hall–Kier alpha value is -2.45. The third kappa shape index (κ3) is 6.27. The maximum absolute atomic E-state index is 12.5. The smallest absolute Gasteiger partial charge is 0.411 e. The lowest BCUT2D eigenvalue weighted by molar-refractivity contribution is 0.102. The van der Waals surface area contributed by atoms with Gasteiger partial charge in [0.25, 0.3) is 5.91 Å². The fourth-order valence-electron chi connectivity index (χ4n) is 3.75. The number of likely N-dealkylation sites (tertiary alicyclic amines) is 1. The number of nitrogens with one attached hydrogen (secondary N) is 2. The van der Waals surface area contributed by atoms with E-state index in [0.717, 1.165) is 25.3 Å². The van der Waals surface area contributed by atoms with Crippen LogP contribution in [0.3, 0.4) is 0 Å². The molecule has 2 heterocycles. The summed E-state index contributed by atoms with van der Waals surface area (Å²) >= 11 is 1.44. The van der Waals surface area contributed by atoms with Gasteiger partial charge in [-0.2, -0.15) is 0 Å². The zero-order chi connectivity index (χ0) is 20.8. The molecule has 1 aromatic carbocycles. The summed E-state index contributed by atoms with van der Waals surface area (Å²) in [7, 11) is 0. The molecule has 1 aromatic heterocycles. The molecule has 0 bridgehead atoms. The Labute approximate surface area is 175 Å². The molecule has 2 N–H and O–H groups in total. The lowest BCUT2D eigenvalue weighted by Gasteiger charge is -2.34. The van der Waals surface area contributed by atoms with E-state index >= 15 is 0 Å². The molecule has 8 heteroatoms. The van der Waals surface area contributed by atoms with Crippen molar-refractivity contribution < 1.29 is 14.3 Å². The minimum absolute atomic E-state index is 0.228. The third-order valence-corrected chi connectivity index (χ3v) is 5.58. The van der Waals surface area contributed by atoms with Gasteiger partial charge in [-0.25, -0.2) is 9.78 Å². The second kappa shape index (κ2) is 9.84. The summed E-state index contributed by atoms with van der Waals surface area (Å²) in [6.07, 6.45) is 0.765. The number of carbonyl (C=O) groups is 2. The molecule has 1 aliphatic rings. The molecule has 1 saturated heterocycles. The zero-order valence-electron chi connectivity index (χ0n) is 17.1. The normalized spacial score (nSPS) is 19.6. The number of piperidine rings is 1. The number of ether oxygens (including phenoxy) is 1. The van der Waals surface area contributed by atoms with E-state index in [9.17, 15) is 9.59 Å². The first kappa shape index (κ1) is 21.3. The number of nitrogens with zero attached hydrogens (tertiary/aromatic N) is 2. The summed E-state index contributed by atoms with van der Waals surface area (Å²) in [5.74, 6) is 1.18. The average Bonchev–Trinajstić information content (AvgIpc) is 3.08. The average molecular weight is 417 g/mol. The highest BCUT2D eigenvalue weighted by Gasteiger charge is 2.22. The Morgan fingerprint density at radius 1 is 1.17 bits per heavy atom. The summed E-state index contributed by atoms with van der Waals surface area (Å²) in [5, 5.41) is 8.05. The van der Waals surface area contributed by atoms with Crippen molar-refractivity contribution in [2.45, 2.75) is 33.7 Å². The summed E-state index contributed by atoms with van der Waals surface area (Å²) in [6, 6.07) is 6.64. The van der Waals surface area contributed by atoms with Gasteiger partial charge in [-0.3, -0.25) is 20.3 Å². The quantitative estimate of drug-likeness (QED) is 0.727. The number of thiazole rings is 1. The molecule has 0 saturated carbocycles. The van der Waals surface area contributed by atoms with Crippen molar-refractivity contribution in [1.82, 2.24) is 9.88 Å². The second-order valence-electron chi connectivity index (χ2n) is 7.66. The lowest BCUT2D eigenvalue weighted by Crippen LogP contribution is -2.38. The number of hydrogen-bond acceptors (Lipinski definition) is 6. The SMILES string of the molecule is CCOC(=O)Nc1ccc(C(=O)Nc2nc(CN3C[C@@H](C)C[C@H](C)C3)cs2)cc1. The van der Waals surface area contributed by atoms with Crippen LogP contribution in [0.15, 0.2) is 29.6 Å². The molecule has 7 nitrogen and oxygen atoms in total. The van der Waals surface area contributed by atoms with Crippen LogP contribution in [0.1, 0.15) is 43.2 Å². The topological polar surface area (TPSA) is 83.6 Å². The summed E-state index contributed by atoms with van der Waals surface area (Å²) < 4.78 is 4.83. The number of benzene rings is 1. The molecular weight excluding hydrogens is 388 g/mol. The van der Waals surface area contributed by atoms with Crippen LogP contribution >= 0.6 is 11.3 Å². The molecule has 0 radical (unpaired) electrons. The van der Waals surface area contributed by atoms with Gasteiger partial charge < -0.3 is 4.74 Å². The highest BCUT2D eigenvalue weighted by Crippen LogP contribution is 2.24. The first-order chi connectivity index (χ1) is 13.9. The number of amides is 2. The fourth-order valence-corrected chi connectivity index (χ4v) is 4.44. The molecular formula is C21H28N4O3S. The van der Waals surface area contributed by atoms with E-state index in [1.807, 2.05) is 5.38 Å². The van der Waals surface area contributed by atoms with Gasteiger partial charge in [0, 0.05) is 36.3 Å². The van der Waals surface area contributed by atoms with Crippen LogP contribution in [0.25, 0.3) is 0 Å². The van der Waals surface area contributed by atoms with Crippen molar-refractivity contribution in [3.63, 3.8) is 0 Å². The monoisotopic (exact) mass is 416 g/mol. The minimum atomic E-state index is -0.516. The largest absolute Gasteiger partial charge is 0.450 e. The number of carbonyl (C=O) groups excluding carboxylic acids is 2. The van der Waals surface area contributed by atoms with E-state index in [2.05, 4.69) is 34.4 Å². The predicted molar refractivity (Wildman–Crippen MR) is 115 cm³/mol. The summed E-state index contributed by atoms with van der Waals surface area (Å²) in [4.78, 5) is 30.9. The first-order valence-electron chi connectivity index (χ1n) is 9.95. The summed E-state index contributed by atoms with van der Waals surface area (Å²) in [6.45, 7) is 9.63. The van der Waals surface area contributed by atoms with Crippen LogP contribution < -0.4 is 10.6 Å². The molecule has 29 heavy (non-hydrogen) atoms. The Morgan fingerprint density at radius 2 is 1.86 bits per heavy atom. The van der Waals surface area contributed by atoms with Gasteiger partial charge in [0.2, 0.25) is 0 Å². The maximum atomic E-state index is 12.5. The Bertz CT molecular complexity index is 827. The fraction of sp³-hybridized carbons (Fsp3) is 0.476. The van der Waals surface area contributed by atoms with Crippen molar-refractivity contribution in [2.24, 2.45) is 11.8 Å². The van der Waals surface area contributed by atoms with Gasteiger partial charge >= 0.3 is 6.09 Å². The third-order valence-electron chi connectivity index (χ3n) is 4.77. The molecule has 2 amide bonds. The van der Waals surface area contributed by atoms with Crippen LogP contribution in [-0.2, 0) is 11.3 Å².